The van der Waals surface area contributed by atoms with Crippen molar-refractivity contribution in [2.75, 3.05) is 7.11 Å². The third-order valence-electron chi connectivity index (χ3n) is 2.90. The van der Waals surface area contributed by atoms with Crippen molar-refractivity contribution in [2.24, 2.45) is 5.92 Å². The average Bonchev–Trinajstić information content (AvgIpc) is 2.44. The van der Waals surface area contributed by atoms with Gasteiger partial charge >= 0.3 is 5.97 Å². The zero-order valence-corrected chi connectivity index (χ0v) is 13.2. The number of carbonyl (C=O) groups is 2. The van der Waals surface area contributed by atoms with Crippen LogP contribution in [0.2, 0.25) is 5.02 Å². The van der Waals surface area contributed by atoms with Crippen LogP contribution in [0.1, 0.15) is 30.6 Å². The molecule has 1 rings (SSSR count). The van der Waals surface area contributed by atoms with Crippen molar-refractivity contribution in [3.05, 3.63) is 38.9 Å². The molecule has 1 aromatic carbocycles. The van der Waals surface area contributed by atoms with E-state index in [1.807, 2.05) is 13.8 Å². The van der Waals surface area contributed by atoms with Gasteiger partial charge in [-0.2, -0.15) is 0 Å². The Morgan fingerprint density at radius 1 is 1.41 bits per heavy atom. The highest BCUT2D eigenvalue weighted by Gasteiger charge is 2.27. The van der Waals surface area contributed by atoms with E-state index in [0.29, 0.717) is 6.42 Å². The molecule has 0 heterocycles. The predicted octanol–water partition coefficient (Wildman–Crippen LogP) is 2.57. The van der Waals surface area contributed by atoms with Gasteiger partial charge in [0.2, 0.25) is 0 Å². The third kappa shape index (κ3) is 4.70. The Morgan fingerprint density at radius 3 is 2.55 bits per heavy atom. The average molecular weight is 329 g/mol. The van der Waals surface area contributed by atoms with E-state index in [9.17, 15) is 19.7 Å². The van der Waals surface area contributed by atoms with Crippen molar-refractivity contribution in [3.63, 3.8) is 0 Å². The first kappa shape index (κ1) is 17.9. The number of esters is 1. The Hall–Kier alpha value is -2.15. The number of rotatable bonds is 6. The molecule has 0 bridgehead atoms. The van der Waals surface area contributed by atoms with Gasteiger partial charge in [-0.3, -0.25) is 14.9 Å². The molecule has 0 saturated heterocycles. The highest BCUT2D eigenvalue weighted by molar-refractivity contribution is 6.31. The van der Waals surface area contributed by atoms with Gasteiger partial charge in [-0.1, -0.05) is 25.4 Å². The molecule has 1 N–H and O–H groups in total. The lowest BCUT2D eigenvalue weighted by Crippen LogP contribution is -2.42. The first-order valence-electron chi connectivity index (χ1n) is 6.58. The molecular formula is C14H17ClN2O5. The van der Waals surface area contributed by atoms with E-state index in [2.05, 4.69) is 10.1 Å². The highest BCUT2D eigenvalue weighted by atomic mass is 35.5. The number of ether oxygens (including phenoxy) is 1. The monoisotopic (exact) mass is 328 g/mol. The minimum Gasteiger partial charge on any atom is -0.467 e. The van der Waals surface area contributed by atoms with Crippen LogP contribution in [0.15, 0.2) is 18.2 Å². The largest absolute Gasteiger partial charge is 0.467 e. The zero-order valence-electron chi connectivity index (χ0n) is 12.5. The molecule has 1 atom stereocenters. The summed E-state index contributed by atoms with van der Waals surface area (Å²) < 4.78 is 4.64. The molecule has 0 aliphatic rings. The molecule has 22 heavy (non-hydrogen) atoms. The second-order valence-corrected chi connectivity index (χ2v) is 5.53. The van der Waals surface area contributed by atoms with E-state index in [1.165, 1.54) is 19.2 Å². The molecule has 120 valence electrons. The zero-order chi connectivity index (χ0) is 16.9. The van der Waals surface area contributed by atoms with Crippen LogP contribution in [-0.2, 0) is 9.53 Å². The number of nitro groups is 1. The van der Waals surface area contributed by atoms with Gasteiger partial charge in [-0.25, -0.2) is 4.79 Å². The highest BCUT2D eigenvalue weighted by Crippen LogP contribution is 2.23. The van der Waals surface area contributed by atoms with Crippen molar-refractivity contribution >= 4 is 29.2 Å². The summed E-state index contributed by atoms with van der Waals surface area (Å²) >= 11 is 5.70. The Kier molecular flexibility index (Phi) is 6.30. The number of nitrogens with one attached hydrogen (secondary N) is 1. The summed E-state index contributed by atoms with van der Waals surface area (Å²) in [5, 5.41) is 13.6. The van der Waals surface area contributed by atoms with Crippen LogP contribution in [0.5, 0.6) is 0 Å². The lowest BCUT2D eigenvalue weighted by atomic mass is 10.0. The smallest absolute Gasteiger partial charge is 0.328 e. The number of benzene rings is 1. The molecule has 1 aromatic rings. The number of carbonyl (C=O) groups excluding carboxylic acids is 2. The normalized spacial score (nSPS) is 11.9. The van der Waals surface area contributed by atoms with Gasteiger partial charge in [0.1, 0.15) is 11.6 Å². The van der Waals surface area contributed by atoms with E-state index < -0.39 is 28.5 Å². The Labute approximate surface area is 132 Å². The van der Waals surface area contributed by atoms with Crippen molar-refractivity contribution in [3.8, 4) is 0 Å². The molecule has 0 saturated carbocycles. The van der Waals surface area contributed by atoms with Crippen LogP contribution >= 0.6 is 11.6 Å². The molecule has 0 aromatic heterocycles. The Morgan fingerprint density at radius 2 is 2.05 bits per heavy atom. The molecule has 0 aliphatic carbocycles. The van der Waals surface area contributed by atoms with E-state index >= 15 is 0 Å². The third-order valence-corrected chi connectivity index (χ3v) is 3.13. The first-order valence-corrected chi connectivity index (χ1v) is 6.96. The molecule has 0 radical (unpaired) electrons. The lowest BCUT2D eigenvalue weighted by Gasteiger charge is -2.18. The summed E-state index contributed by atoms with van der Waals surface area (Å²) in [4.78, 5) is 34.2. The molecule has 0 spiro atoms. The second-order valence-electron chi connectivity index (χ2n) is 5.10. The van der Waals surface area contributed by atoms with Gasteiger partial charge in [-0.05, 0) is 24.5 Å². The van der Waals surface area contributed by atoms with Crippen LogP contribution in [0.3, 0.4) is 0 Å². The van der Waals surface area contributed by atoms with Gasteiger partial charge in [0.15, 0.2) is 0 Å². The Balaban J connectivity index is 3.04. The molecule has 0 aliphatic heterocycles. The van der Waals surface area contributed by atoms with Crippen molar-refractivity contribution in [1.29, 1.82) is 0 Å². The van der Waals surface area contributed by atoms with Crippen LogP contribution in [0, 0.1) is 16.0 Å². The minimum absolute atomic E-state index is 0.129. The van der Waals surface area contributed by atoms with Crippen molar-refractivity contribution < 1.29 is 19.2 Å². The van der Waals surface area contributed by atoms with Gasteiger partial charge in [0.25, 0.3) is 11.6 Å². The second kappa shape index (κ2) is 7.74. The number of hydrogen-bond donors (Lipinski definition) is 1. The SMILES string of the molecule is COC(=O)[C@@H](CC(C)C)NC(=O)c1ccc(Cl)cc1[N+](=O)[O-]. The van der Waals surface area contributed by atoms with Crippen LogP contribution in [0.4, 0.5) is 5.69 Å². The van der Waals surface area contributed by atoms with E-state index in [4.69, 9.17) is 11.6 Å². The maximum absolute atomic E-state index is 12.2. The van der Waals surface area contributed by atoms with Gasteiger partial charge in [-0.15, -0.1) is 0 Å². The topological polar surface area (TPSA) is 98.5 Å². The molecular weight excluding hydrogens is 312 g/mol. The van der Waals surface area contributed by atoms with Crippen molar-refractivity contribution in [2.45, 2.75) is 26.3 Å². The predicted molar refractivity (Wildman–Crippen MR) is 80.8 cm³/mol. The quantitative estimate of drug-likeness (QED) is 0.491. The summed E-state index contributed by atoms with van der Waals surface area (Å²) in [6, 6.07) is 2.85. The van der Waals surface area contributed by atoms with Crippen LogP contribution in [-0.4, -0.2) is 30.0 Å². The molecule has 7 nitrogen and oxygen atoms in total. The first-order chi connectivity index (χ1) is 10.3. The number of nitro benzene ring substituents is 1. The molecule has 1 amide bonds. The fraction of sp³-hybridized carbons (Fsp3) is 0.429. The van der Waals surface area contributed by atoms with Gasteiger partial charge in [0.05, 0.1) is 12.0 Å². The van der Waals surface area contributed by atoms with Gasteiger partial charge in [0, 0.05) is 11.1 Å². The van der Waals surface area contributed by atoms with Crippen molar-refractivity contribution in [1.82, 2.24) is 5.32 Å². The van der Waals surface area contributed by atoms with E-state index in [-0.39, 0.29) is 16.5 Å². The van der Waals surface area contributed by atoms with E-state index in [1.54, 1.807) is 0 Å². The number of amides is 1. The summed E-state index contributed by atoms with van der Waals surface area (Å²) in [6.45, 7) is 3.76. The summed E-state index contributed by atoms with van der Waals surface area (Å²) in [5.41, 5.74) is -0.578. The maximum atomic E-state index is 12.2. The summed E-state index contributed by atoms with van der Waals surface area (Å²) in [5.74, 6) is -1.19. The molecule has 8 heteroatoms. The molecule has 0 fully saturated rings. The fourth-order valence-corrected chi connectivity index (χ4v) is 2.08. The number of hydrogen-bond acceptors (Lipinski definition) is 5. The number of halogens is 1. The van der Waals surface area contributed by atoms with E-state index in [0.717, 1.165) is 6.07 Å². The summed E-state index contributed by atoms with van der Waals surface area (Å²) in [7, 11) is 1.21. The summed E-state index contributed by atoms with van der Waals surface area (Å²) in [6.07, 6.45) is 0.361. The number of nitrogens with zero attached hydrogens (tertiary/aromatic N) is 1. The standard InChI is InChI=1S/C14H17ClN2O5/c1-8(2)6-11(14(19)22-3)16-13(18)10-5-4-9(15)7-12(10)17(20)21/h4-5,7-8,11H,6H2,1-3H3,(H,16,18)/t11-/m1/s1. The minimum atomic E-state index is -0.868. The number of methoxy groups -OCH3 is 1. The fourth-order valence-electron chi connectivity index (χ4n) is 1.91. The maximum Gasteiger partial charge on any atom is 0.328 e. The Bertz CT molecular complexity index is 589. The molecule has 0 unspecified atom stereocenters. The van der Waals surface area contributed by atoms with Crippen LogP contribution in [0.25, 0.3) is 0 Å². The van der Waals surface area contributed by atoms with Crippen LogP contribution < -0.4 is 5.32 Å². The van der Waals surface area contributed by atoms with Gasteiger partial charge < -0.3 is 10.1 Å². The lowest BCUT2D eigenvalue weighted by molar-refractivity contribution is -0.385.